The summed E-state index contributed by atoms with van der Waals surface area (Å²) in [5, 5.41) is 0. The van der Waals surface area contributed by atoms with Crippen molar-refractivity contribution in [2.24, 2.45) is 5.73 Å². The Morgan fingerprint density at radius 3 is 2.44 bits per heavy atom. The Kier molecular flexibility index (Phi) is 3.83. The molecule has 1 heteroatoms. The summed E-state index contributed by atoms with van der Waals surface area (Å²) in [7, 11) is 0. The van der Waals surface area contributed by atoms with Crippen molar-refractivity contribution < 1.29 is 0 Å². The summed E-state index contributed by atoms with van der Waals surface area (Å²) >= 11 is 0. The normalized spacial score (nSPS) is 14.2. The number of hydrogen-bond acceptors (Lipinski definition) is 1. The van der Waals surface area contributed by atoms with Crippen LogP contribution in [-0.4, -0.2) is 5.54 Å². The fraction of sp³-hybridized carbons (Fsp3) is 0.235. The molecule has 93 valence electrons. The van der Waals surface area contributed by atoms with Crippen molar-refractivity contribution in [1.29, 1.82) is 0 Å². The quantitative estimate of drug-likeness (QED) is 0.866. The summed E-state index contributed by atoms with van der Waals surface area (Å²) in [6.45, 7) is 4.17. The van der Waals surface area contributed by atoms with Crippen LogP contribution >= 0.6 is 0 Å². The summed E-state index contributed by atoms with van der Waals surface area (Å²) in [5.74, 6) is 0. The highest BCUT2D eigenvalue weighted by Crippen LogP contribution is 2.19. The zero-order valence-corrected chi connectivity index (χ0v) is 11.1. The molecular formula is C17H20N. The largest absolute Gasteiger partial charge is 0.324 e. The van der Waals surface area contributed by atoms with E-state index >= 15 is 0 Å². The lowest BCUT2D eigenvalue weighted by molar-refractivity contribution is 0.548. The second-order valence-electron chi connectivity index (χ2n) is 5.23. The highest BCUT2D eigenvalue weighted by atomic mass is 14.7. The van der Waals surface area contributed by atoms with Crippen LogP contribution in [0.1, 0.15) is 23.6 Å². The van der Waals surface area contributed by atoms with Crippen LogP contribution in [-0.2, 0) is 6.42 Å². The number of hydrogen-bond donors (Lipinski definition) is 1. The lowest BCUT2D eigenvalue weighted by atomic mass is 9.87. The van der Waals surface area contributed by atoms with Crippen molar-refractivity contribution in [3.63, 3.8) is 0 Å². The summed E-state index contributed by atoms with van der Waals surface area (Å²) in [6.07, 6.45) is 2.99. The maximum atomic E-state index is 6.38. The van der Waals surface area contributed by atoms with E-state index < -0.39 is 0 Å². The second-order valence-corrected chi connectivity index (χ2v) is 5.23. The monoisotopic (exact) mass is 238 g/mol. The average molecular weight is 238 g/mol. The van der Waals surface area contributed by atoms with Gasteiger partial charge < -0.3 is 5.73 Å². The van der Waals surface area contributed by atoms with Gasteiger partial charge in [0, 0.05) is 12.0 Å². The minimum atomic E-state index is -0.324. The molecule has 0 aromatic heterocycles. The number of benzene rings is 2. The zero-order valence-electron chi connectivity index (χ0n) is 11.1. The lowest BCUT2D eigenvalue weighted by Crippen LogP contribution is -2.39. The van der Waals surface area contributed by atoms with E-state index in [4.69, 9.17) is 5.73 Å². The molecule has 1 radical (unpaired) electrons. The molecule has 0 fully saturated rings. The van der Waals surface area contributed by atoms with Crippen LogP contribution in [0.15, 0.2) is 54.6 Å². The van der Waals surface area contributed by atoms with Crippen LogP contribution in [0.2, 0.25) is 0 Å². The number of rotatable bonds is 4. The van der Waals surface area contributed by atoms with Crippen molar-refractivity contribution in [3.05, 3.63) is 77.7 Å². The fourth-order valence-electron chi connectivity index (χ4n) is 2.23. The van der Waals surface area contributed by atoms with Crippen LogP contribution in [0.4, 0.5) is 0 Å². The molecule has 0 aliphatic rings. The van der Waals surface area contributed by atoms with Gasteiger partial charge in [-0.2, -0.15) is 0 Å². The van der Waals surface area contributed by atoms with E-state index in [1.54, 1.807) is 0 Å². The zero-order chi connectivity index (χ0) is 13.0. The molecule has 0 heterocycles. The highest BCUT2D eigenvalue weighted by molar-refractivity contribution is 5.32. The molecule has 2 aromatic rings. The van der Waals surface area contributed by atoms with E-state index in [0.29, 0.717) is 0 Å². The van der Waals surface area contributed by atoms with E-state index in [-0.39, 0.29) is 5.54 Å². The minimum absolute atomic E-state index is 0.324. The molecule has 0 spiro atoms. The third kappa shape index (κ3) is 3.71. The first-order valence-corrected chi connectivity index (χ1v) is 6.31. The molecule has 0 amide bonds. The predicted octanol–water partition coefficient (Wildman–Crippen LogP) is 3.51. The standard InChI is InChI=1S/C17H20N/c1-14-7-6-10-16(11-14)13-17(2,18)12-15-8-4-3-5-9-15/h3-11,13H,12,18H2,1-2H3. The maximum absolute atomic E-state index is 6.38. The first-order chi connectivity index (χ1) is 8.55. The van der Waals surface area contributed by atoms with Crippen LogP contribution in [0.3, 0.4) is 0 Å². The van der Waals surface area contributed by atoms with Crippen molar-refractivity contribution in [1.82, 2.24) is 0 Å². The Hall–Kier alpha value is -1.60. The fourth-order valence-corrected chi connectivity index (χ4v) is 2.23. The average Bonchev–Trinajstić information content (AvgIpc) is 2.28. The second kappa shape index (κ2) is 5.36. The van der Waals surface area contributed by atoms with Gasteiger partial charge in [0.05, 0.1) is 0 Å². The van der Waals surface area contributed by atoms with Crippen LogP contribution in [0, 0.1) is 13.3 Å². The summed E-state index contributed by atoms with van der Waals surface area (Å²) in [6, 6.07) is 18.8. The molecular weight excluding hydrogens is 218 g/mol. The molecule has 2 aromatic carbocycles. The predicted molar refractivity (Wildman–Crippen MR) is 77.3 cm³/mol. The van der Waals surface area contributed by atoms with Crippen LogP contribution in [0.5, 0.6) is 0 Å². The first kappa shape index (κ1) is 12.8. The highest BCUT2D eigenvalue weighted by Gasteiger charge is 2.20. The van der Waals surface area contributed by atoms with E-state index in [1.807, 2.05) is 6.07 Å². The summed E-state index contributed by atoms with van der Waals surface area (Å²) < 4.78 is 0. The Bertz CT molecular complexity index is 500. The van der Waals surface area contributed by atoms with Crippen LogP contribution < -0.4 is 5.73 Å². The first-order valence-electron chi connectivity index (χ1n) is 6.31. The lowest BCUT2D eigenvalue weighted by Gasteiger charge is -2.24. The Balaban J connectivity index is 2.07. The van der Waals surface area contributed by atoms with Gasteiger partial charge in [0.15, 0.2) is 0 Å². The molecule has 1 atom stereocenters. The van der Waals surface area contributed by atoms with Crippen molar-refractivity contribution in [3.8, 4) is 0 Å². The summed E-state index contributed by atoms with van der Waals surface area (Å²) in [4.78, 5) is 0. The number of aryl methyl sites for hydroxylation is 1. The van der Waals surface area contributed by atoms with Gasteiger partial charge in [0.25, 0.3) is 0 Å². The molecule has 0 saturated carbocycles. The molecule has 2 rings (SSSR count). The molecule has 0 bridgehead atoms. The van der Waals surface area contributed by atoms with Gasteiger partial charge in [0.2, 0.25) is 0 Å². The van der Waals surface area contributed by atoms with Gasteiger partial charge in [-0.1, -0.05) is 60.2 Å². The Labute approximate surface area is 110 Å². The SMILES string of the molecule is Cc1cccc([CH]C(C)(N)Cc2ccccc2)c1. The molecule has 18 heavy (non-hydrogen) atoms. The third-order valence-corrected chi connectivity index (χ3v) is 2.97. The number of nitrogens with two attached hydrogens (primary N) is 1. The van der Waals surface area contributed by atoms with E-state index in [1.165, 1.54) is 16.7 Å². The third-order valence-electron chi connectivity index (χ3n) is 2.97. The van der Waals surface area contributed by atoms with Crippen molar-refractivity contribution in [2.45, 2.75) is 25.8 Å². The van der Waals surface area contributed by atoms with Gasteiger partial charge >= 0.3 is 0 Å². The van der Waals surface area contributed by atoms with E-state index in [2.05, 4.69) is 68.8 Å². The van der Waals surface area contributed by atoms with Crippen molar-refractivity contribution in [2.75, 3.05) is 0 Å². The Morgan fingerprint density at radius 1 is 1.06 bits per heavy atom. The van der Waals surface area contributed by atoms with E-state index in [9.17, 15) is 0 Å². The van der Waals surface area contributed by atoms with Gasteiger partial charge in [-0.3, -0.25) is 0 Å². The van der Waals surface area contributed by atoms with Gasteiger partial charge in [-0.25, -0.2) is 0 Å². The molecule has 0 aliphatic carbocycles. The van der Waals surface area contributed by atoms with Gasteiger partial charge in [-0.15, -0.1) is 0 Å². The molecule has 1 nitrogen and oxygen atoms in total. The molecule has 0 aliphatic heterocycles. The van der Waals surface area contributed by atoms with Gasteiger partial charge in [-0.05, 0) is 31.4 Å². The van der Waals surface area contributed by atoms with Crippen LogP contribution in [0.25, 0.3) is 0 Å². The topological polar surface area (TPSA) is 26.0 Å². The maximum Gasteiger partial charge on any atom is 0.0242 e. The molecule has 0 saturated heterocycles. The Morgan fingerprint density at radius 2 is 1.78 bits per heavy atom. The van der Waals surface area contributed by atoms with Crippen molar-refractivity contribution >= 4 is 0 Å². The molecule has 2 N–H and O–H groups in total. The van der Waals surface area contributed by atoms with E-state index in [0.717, 1.165) is 6.42 Å². The smallest absolute Gasteiger partial charge is 0.0242 e. The minimum Gasteiger partial charge on any atom is -0.324 e. The summed E-state index contributed by atoms with van der Waals surface area (Å²) in [5.41, 5.74) is 9.77. The molecule has 1 unspecified atom stereocenters. The van der Waals surface area contributed by atoms with Gasteiger partial charge in [0.1, 0.15) is 0 Å².